The monoisotopic (exact) mass is 620 g/mol. The summed E-state index contributed by atoms with van der Waals surface area (Å²) in [4.78, 5) is 0. The fraction of sp³-hybridized carbons (Fsp3) is 0.489. The topological polar surface area (TPSA) is 0 Å². The third-order valence-corrected chi connectivity index (χ3v) is 13.5. The van der Waals surface area contributed by atoms with Gasteiger partial charge in [0.15, 0.2) is 0 Å². The average Bonchev–Trinajstić information content (AvgIpc) is 3.56. The van der Waals surface area contributed by atoms with Gasteiger partial charge < -0.3 is 0 Å². The first-order valence-corrected chi connectivity index (χ1v) is 18.7. The van der Waals surface area contributed by atoms with Gasteiger partial charge in [0.2, 0.25) is 0 Å². The number of allylic oxidation sites excluding steroid dienone is 2. The second-order valence-electron chi connectivity index (χ2n) is 18.0. The van der Waals surface area contributed by atoms with Crippen LogP contribution < -0.4 is 0 Å². The Morgan fingerprint density at radius 3 is 1.94 bits per heavy atom. The number of rotatable bonds is 4. The molecule has 0 aromatic heterocycles. The first-order chi connectivity index (χ1) is 22.1. The Hall–Kier alpha value is -3.12. The van der Waals surface area contributed by atoms with E-state index in [0.717, 1.165) is 6.42 Å². The molecule has 0 bridgehead atoms. The van der Waals surface area contributed by atoms with E-state index in [-0.39, 0.29) is 10.8 Å². The minimum Gasteiger partial charge on any atom is -0.0625 e. The Bertz CT molecular complexity index is 2020. The molecular weight excluding hydrogens is 565 g/mol. The zero-order valence-electron chi connectivity index (χ0n) is 31.4. The molecule has 1 saturated carbocycles. The van der Waals surface area contributed by atoms with Crippen LogP contribution in [-0.2, 0) is 17.3 Å². The molecule has 4 aromatic rings. The van der Waals surface area contributed by atoms with Crippen molar-refractivity contribution in [2.75, 3.05) is 0 Å². The molecule has 47 heavy (non-hydrogen) atoms. The van der Waals surface area contributed by atoms with E-state index in [4.69, 9.17) is 0 Å². The normalized spacial score (nSPS) is 24.9. The second kappa shape index (κ2) is 9.96. The van der Waals surface area contributed by atoms with Gasteiger partial charge in [0.1, 0.15) is 0 Å². The molecule has 0 N–H and O–H groups in total. The predicted molar refractivity (Wildman–Crippen MR) is 203 cm³/mol. The van der Waals surface area contributed by atoms with Gasteiger partial charge >= 0.3 is 0 Å². The molecular formula is C47H56. The van der Waals surface area contributed by atoms with Crippen LogP contribution in [0, 0.1) is 56.3 Å². The van der Waals surface area contributed by atoms with Crippen molar-refractivity contribution in [2.24, 2.45) is 35.5 Å². The molecule has 4 aliphatic carbocycles. The van der Waals surface area contributed by atoms with E-state index in [1.807, 2.05) is 0 Å². The van der Waals surface area contributed by atoms with Crippen LogP contribution in [-0.4, -0.2) is 0 Å². The highest BCUT2D eigenvalue weighted by molar-refractivity contribution is 6.11. The summed E-state index contributed by atoms with van der Waals surface area (Å²) in [6.45, 7) is 31.9. The van der Waals surface area contributed by atoms with Crippen molar-refractivity contribution in [1.29, 1.82) is 0 Å². The third-order valence-electron chi connectivity index (χ3n) is 13.5. The summed E-state index contributed by atoms with van der Waals surface area (Å²) in [7, 11) is 0. The number of fused-ring (bicyclic) bond motifs is 12. The van der Waals surface area contributed by atoms with Crippen molar-refractivity contribution in [1.82, 2.24) is 0 Å². The molecule has 1 fully saturated rings. The van der Waals surface area contributed by atoms with Crippen molar-refractivity contribution in [3.05, 3.63) is 104 Å². The lowest BCUT2D eigenvalue weighted by molar-refractivity contribution is -0.105. The molecule has 0 nitrogen and oxygen atoms in total. The Balaban J connectivity index is 1.49. The SMILES string of the molecule is Cc1cc(C)c2c(C)cc3c(c2c1)C1(c2ccc4c(c2-3)C(C)(C)C2=C4Cc3ccc(C(C)C)cc32)C(C(C)C)C(C(C)C)C1C(C)C. The fourth-order valence-electron chi connectivity index (χ4n) is 12.3. The van der Waals surface area contributed by atoms with E-state index in [0.29, 0.717) is 41.4 Å². The zero-order valence-corrected chi connectivity index (χ0v) is 31.4. The molecule has 244 valence electrons. The lowest BCUT2D eigenvalue weighted by Gasteiger charge is -2.66. The van der Waals surface area contributed by atoms with E-state index in [2.05, 4.69) is 139 Å². The van der Waals surface area contributed by atoms with Crippen molar-refractivity contribution < 1.29 is 0 Å². The average molecular weight is 621 g/mol. The van der Waals surface area contributed by atoms with Gasteiger partial charge in [-0.15, -0.1) is 0 Å². The highest BCUT2D eigenvalue weighted by atomic mass is 14.7. The van der Waals surface area contributed by atoms with Gasteiger partial charge in [0, 0.05) is 10.8 Å². The lowest BCUT2D eigenvalue weighted by atomic mass is 9.37. The van der Waals surface area contributed by atoms with Crippen LogP contribution in [0.2, 0.25) is 0 Å². The molecule has 0 heterocycles. The Morgan fingerprint density at radius 1 is 0.660 bits per heavy atom. The first kappa shape index (κ1) is 31.2. The van der Waals surface area contributed by atoms with Crippen molar-refractivity contribution in [2.45, 2.75) is 113 Å². The maximum absolute atomic E-state index is 2.65. The van der Waals surface area contributed by atoms with E-state index in [1.54, 1.807) is 39.0 Å². The summed E-state index contributed by atoms with van der Waals surface area (Å²) in [6.07, 6.45) is 1.06. The van der Waals surface area contributed by atoms with E-state index in [9.17, 15) is 0 Å². The molecule has 2 atom stereocenters. The molecule has 0 saturated heterocycles. The molecule has 1 spiro atoms. The first-order valence-electron chi connectivity index (χ1n) is 18.7. The van der Waals surface area contributed by atoms with Gasteiger partial charge in [-0.25, -0.2) is 0 Å². The number of hydrogen-bond acceptors (Lipinski definition) is 0. The highest BCUT2D eigenvalue weighted by Crippen LogP contribution is 2.74. The Kier molecular flexibility index (Phi) is 6.61. The Morgan fingerprint density at radius 2 is 1.32 bits per heavy atom. The van der Waals surface area contributed by atoms with Crippen LogP contribution in [0.25, 0.3) is 33.0 Å². The summed E-state index contributed by atoms with van der Waals surface area (Å²) in [5.74, 6) is 4.33. The maximum atomic E-state index is 2.65. The largest absolute Gasteiger partial charge is 0.0625 e. The van der Waals surface area contributed by atoms with Crippen LogP contribution in [0.15, 0.2) is 48.5 Å². The summed E-state index contributed by atoms with van der Waals surface area (Å²) in [5, 5.41) is 3.02. The summed E-state index contributed by atoms with van der Waals surface area (Å²) in [5.41, 5.74) is 21.5. The van der Waals surface area contributed by atoms with Crippen LogP contribution in [0.3, 0.4) is 0 Å². The number of hydrogen-bond donors (Lipinski definition) is 0. The summed E-state index contributed by atoms with van der Waals surface area (Å²) >= 11 is 0. The molecule has 4 aliphatic rings. The smallest absolute Gasteiger partial charge is 0.0288 e. The minimum atomic E-state index is -0.0626. The van der Waals surface area contributed by atoms with E-state index >= 15 is 0 Å². The van der Waals surface area contributed by atoms with Gasteiger partial charge in [0.05, 0.1) is 0 Å². The van der Waals surface area contributed by atoms with Crippen molar-refractivity contribution >= 4 is 21.9 Å². The number of aryl methyl sites for hydroxylation is 3. The predicted octanol–water partition coefficient (Wildman–Crippen LogP) is 12.7. The molecule has 0 heteroatoms. The van der Waals surface area contributed by atoms with Crippen LogP contribution >= 0.6 is 0 Å². The van der Waals surface area contributed by atoms with Gasteiger partial charge in [-0.2, -0.15) is 0 Å². The highest BCUT2D eigenvalue weighted by Gasteiger charge is 2.69. The molecule has 4 aromatic carbocycles. The lowest BCUT2D eigenvalue weighted by Crippen LogP contribution is -2.64. The van der Waals surface area contributed by atoms with Gasteiger partial charge in [-0.3, -0.25) is 0 Å². The standard InChI is InChI=1S/C47H56/c1-23(2)30-14-15-31-22-34-32-16-17-37-40(45(32)46(12,13)43(34)33(31)21-30)36-20-29(11)39-28(10)18-27(9)19-35(39)44(36)47(37)41(25(5)6)38(24(3)4)42(47)26(7)8/h14-21,23-26,38,41-42H,22H2,1-13H3. The zero-order chi connectivity index (χ0) is 33.6. The van der Waals surface area contributed by atoms with Gasteiger partial charge in [-0.1, -0.05) is 123 Å². The van der Waals surface area contributed by atoms with Crippen LogP contribution in [0.4, 0.5) is 0 Å². The van der Waals surface area contributed by atoms with Crippen LogP contribution in [0.5, 0.6) is 0 Å². The third kappa shape index (κ3) is 3.72. The summed E-state index contributed by atoms with van der Waals surface area (Å²) in [6, 6.07) is 20.2. The van der Waals surface area contributed by atoms with Gasteiger partial charge in [0.25, 0.3) is 0 Å². The van der Waals surface area contributed by atoms with Crippen molar-refractivity contribution in [3.63, 3.8) is 0 Å². The van der Waals surface area contributed by atoms with Crippen LogP contribution in [0.1, 0.15) is 131 Å². The molecule has 0 amide bonds. The molecule has 2 unspecified atom stereocenters. The van der Waals surface area contributed by atoms with Gasteiger partial charge in [-0.05, 0) is 152 Å². The Labute approximate surface area is 285 Å². The second-order valence-corrected chi connectivity index (χ2v) is 18.0. The summed E-state index contributed by atoms with van der Waals surface area (Å²) < 4.78 is 0. The molecule has 8 rings (SSSR count). The quantitative estimate of drug-likeness (QED) is 0.213. The maximum Gasteiger partial charge on any atom is 0.0288 e. The fourth-order valence-corrected chi connectivity index (χ4v) is 12.3. The van der Waals surface area contributed by atoms with Crippen molar-refractivity contribution in [3.8, 4) is 11.1 Å². The minimum absolute atomic E-state index is 0.0228. The van der Waals surface area contributed by atoms with E-state index in [1.165, 1.54) is 49.7 Å². The molecule has 0 aliphatic heterocycles. The van der Waals surface area contributed by atoms with E-state index < -0.39 is 0 Å². The number of benzene rings is 4. The molecule has 0 radical (unpaired) electrons.